The Labute approximate surface area is 91.0 Å². The number of phosphoric acid groups is 1. The summed E-state index contributed by atoms with van der Waals surface area (Å²) in [7, 11) is -4.64. The molecular weight excluding hydrogens is 236 g/mol. The van der Waals surface area contributed by atoms with Gasteiger partial charge in [0.15, 0.2) is 0 Å². The van der Waals surface area contributed by atoms with Crippen molar-refractivity contribution in [1.29, 1.82) is 0 Å². The van der Waals surface area contributed by atoms with Crippen LogP contribution in [0.15, 0.2) is 0 Å². The van der Waals surface area contributed by atoms with Crippen molar-refractivity contribution in [3.63, 3.8) is 0 Å². The summed E-state index contributed by atoms with van der Waals surface area (Å²) in [4.78, 5) is 21.6. The van der Waals surface area contributed by atoms with E-state index in [0.29, 0.717) is 0 Å². The van der Waals surface area contributed by atoms with Crippen LogP contribution in [-0.2, 0) is 4.57 Å². The molecule has 4 nitrogen and oxygen atoms in total. The first-order valence-electron chi connectivity index (χ1n) is 0.783. The van der Waals surface area contributed by atoms with E-state index >= 15 is 0 Å². The molecule has 0 atom stereocenters. The average Bonchev–Trinajstić information content (AvgIpc) is 0.722. The molecule has 0 aromatic carbocycles. The van der Waals surface area contributed by atoms with Gasteiger partial charge in [0, 0.05) is 0 Å². The van der Waals surface area contributed by atoms with Crippen LogP contribution in [0.5, 0.6) is 0 Å². The fourth-order valence-electron chi connectivity index (χ4n) is 0. The maximum Gasteiger partial charge on any atom is 1.00 e. The van der Waals surface area contributed by atoms with Gasteiger partial charge in [-0.2, -0.15) is 0 Å². The van der Waals surface area contributed by atoms with Gasteiger partial charge in [-0.05, 0) is 0 Å². The maximum absolute atomic E-state index is 8.88. The molecule has 44 valence electrons. The Morgan fingerprint density at radius 3 is 1.12 bits per heavy atom. The van der Waals surface area contributed by atoms with E-state index in [9.17, 15) is 0 Å². The fourth-order valence-corrected chi connectivity index (χ4v) is 0. The minimum atomic E-state index is -4.64. The number of rotatable bonds is 0. The van der Waals surface area contributed by atoms with Gasteiger partial charge in [0.1, 0.15) is 0 Å². The molecule has 8 heteroatoms. The van der Waals surface area contributed by atoms with Gasteiger partial charge in [0.05, 0.1) is 0 Å². The minimum absolute atomic E-state index is 0. The molecule has 0 radical (unpaired) electrons. The third kappa shape index (κ3) is 96.0. The Morgan fingerprint density at radius 1 is 1.12 bits per heavy atom. The monoisotopic (exact) mass is 242 g/mol. The van der Waals surface area contributed by atoms with E-state index in [2.05, 4.69) is 0 Å². The summed E-state index contributed by atoms with van der Waals surface area (Å²) in [6.07, 6.45) is 0. The predicted octanol–water partition coefficient (Wildman–Crippen LogP) is -6.08. The van der Waals surface area contributed by atoms with Gasteiger partial charge in [-0.1, -0.05) is 0 Å². The smallest absolute Gasteiger partial charge is 1.00 e. The zero-order chi connectivity index (χ0) is 4.50. The Morgan fingerprint density at radius 2 is 1.12 bits per heavy atom. The van der Waals surface area contributed by atoms with Crippen LogP contribution in [-0.4, -0.2) is 14.7 Å². The van der Waals surface area contributed by atoms with Crippen molar-refractivity contribution in [2.75, 3.05) is 0 Å². The quantitative estimate of drug-likeness (QED) is 0.224. The first kappa shape index (κ1) is 22.5. The first-order chi connectivity index (χ1) is 2.00. The van der Waals surface area contributed by atoms with Crippen molar-refractivity contribution in [2.24, 2.45) is 0 Å². The summed E-state index contributed by atoms with van der Waals surface area (Å²) < 4.78 is 8.88. The molecule has 0 bridgehead atoms. The molecule has 0 aliphatic heterocycles. The van der Waals surface area contributed by atoms with E-state index in [0.717, 1.165) is 0 Å². The second-order valence-corrected chi connectivity index (χ2v) is 1.54. The van der Waals surface area contributed by atoms with Crippen LogP contribution >= 0.6 is 31.8 Å². The van der Waals surface area contributed by atoms with E-state index < -0.39 is 7.82 Å². The van der Waals surface area contributed by atoms with E-state index in [1.165, 1.54) is 0 Å². The molecule has 0 spiro atoms. The molecule has 0 fully saturated rings. The molecule has 0 amide bonds. The molecule has 0 saturated heterocycles. The Bertz CT molecular complexity index is 67.4. The van der Waals surface area contributed by atoms with Crippen LogP contribution in [0.2, 0.25) is 0 Å². The van der Waals surface area contributed by atoms with Gasteiger partial charge >= 0.3 is 45.5 Å². The number of hydrogen-bond acceptors (Lipinski definition) is 1. The van der Waals surface area contributed by atoms with Crippen molar-refractivity contribution >= 4 is 31.8 Å². The van der Waals surface area contributed by atoms with Gasteiger partial charge in [-0.25, -0.2) is 4.57 Å². The summed E-state index contributed by atoms with van der Waals surface area (Å²) in [6, 6.07) is 0. The van der Waals surface area contributed by atoms with Crippen molar-refractivity contribution in [1.82, 2.24) is 0 Å². The van der Waals surface area contributed by atoms with Crippen molar-refractivity contribution < 1.29 is 59.8 Å². The Hall–Kier alpha value is 2.03. The molecule has 8 heavy (non-hydrogen) atoms. The standard InChI is InChI=1S/HI.2Li.H3O4P.2H/c;;;1-5(2,3)4;;/h1H;;;(H3,1,2,3,4);;/q;2*+1;;2*-1. The second kappa shape index (κ2) is 9.03. The van der Waals surface area contributed by atoms with E-state index in [-0.39, 0.29) is 64.6 Å². The van der Waals surface area contributed by atoms with Crippen LogP contribution in [0, 0.1) is 0 Å². The number of halogens is 1. The number of hydrogen-bond donors (Lipinski definition) is 3. The maximum atomic E-state index is 8.88. The summed E-state index contributed by atoms with van der Waals surface area (Å²) in [5, 5.41) is 0. The minimum Gasteiger partial charge on any atom is -1.00 e. The molecule has 0 rings (SSSR count). The summed E-state index contributed by atoms with van der Waals surface area (Å²) >= 11 is 0. The SMILES string of the molecule is I.O=P(O)(O)O.[H-].[H-].[Li+].[Li+]. The molecule has 0 aromatic heterocycles. The normalized spacial score (nSPS) is 7.38. The second-order valence-electron chi connectivity index (χ2n) is 0.513. The van der Waals surface area contributed by atoms with E-state index in [1.807, 2.05) is 0 Å². The molecule has 3 N–H and O–H groups in total. The Kier molecular flexibility index (Phi) is 25.4. The third-order valence-corrected chi connectivity index (χ3v) is 0. The topological polar surface area (TPSA) is 77.8 Å². The largest absolute Gasteiger partial charge is 1.00 e. The van der Waals surface area contributed by atoms with E-state index in [4.69, 9.17) is 19.2 Å². The molecule has 0 aromatic rings. The predicted molar refractivity (Wildman–Crippen MR) is 31.9 cm³/mol. The van der Waals surface area contributed by atoms with Crippen LogP contribution in [0.4, 0.5) is 0 Å². The summed E-state index contributed by atoms with van der Waals surface area (Å²) in [5.41, 5.74) is 0. The average molecular weight is 242 g/mol. The van der Waals surface area contributed by atoms with Gasteiger partial charge in [-0.3, -0.25) is 0 Å². The van der Waals surface area contributed by atoms with E-state index in [1.54, 1.807) is 0 Å². The van der Waals surface area contributed by atoms with Crippen LogP contribution < -0.4 is 37.7 Å². The molecule has 0 heterocycles. The zero-order valence-electron chi connectivity index (χ0n) is 6.61. The fraction of sp³-hybridized carbons (Fsp3) is 0. The first-order valence-corrected chi connectivity index (χ1v) is 2.35. The molecular formula is H6ILi2O4P. The van der Waals surface area contributed by atoms with Crippen LogP contribution in [0.25, 0.3) is 0 Å². The van der Waals surface area contributed by atoms with Crippen LogP contribution in [0.3, 0.4) is 0 Å². The molecule has 0 aliphatic rings. The van der Waals surface area contributed by atoms with Gasteiger partial charge < -0.3 is 17.5 Å². The van der Waals surface area contributed by atoms with Gasteiger partial charge in [0.2, 0.25) is 0 Å². The van der Waals surface area contributed by atoms with Crippen molar-refractivity contribution in [3.8, 4) is 0 Å². The molecule has 0 saturated carbocycles. The van der Waals surface area contributed by atoms with Crippen molar-refractivity contribution in [2.45, 2.75) is 0 Å². The van der Waals surface area contributed by atoms with Gasteiger partial charge in [-0.15, -0.1) is 24.0 Å². The summed E-state index contributed by atoms with van der Waals surface area (Å²) in [5.74, 6) is 0. The van der Waals surface area contributed by atoms with Crippen LogP contribution in [0.1, 0.15) is 2.85 Å². The van der Waals surface area contributed by atoms with Crippen molar-refractivity contribution in [3.05, 3.63) is 0 Å². The van der Waals surface area contributed by atoms with Gasteiger partial charge in [0.25, 0.3) is 0 Å². The molecule has 0 aliphatic carbocycles. The third-order valence-electron chi connectivity index (χ3n) is 0. The molecule has 0 unspecified atom stereocenters. The summed E-state index contributed by atoms with van der Waals surface area (Å²) in [6.45, 7) is 0. The zero-order valence-corrected chi connectivity index (χ0v) is 7.83. The Balaban J connectivity index is -0.00000000800.